The lowest BCUT2D eigenvalue weighted by Gasteiger charge is -2.11. The molecule has 0 amide bonds. The molecule has 100 valence electrons. The van der Waals surface area contributed by atoms with Crippen LogP contribution >= 0.6 is 11.6 Å². The summed E-state index contributed by atoms with van der Waals surface area (Å²) < 4.78 is 5.54. The molecule has 0 aromatic heterocycles. The quantitative estimate of drug-likeness (QED) is 0.463. The SMILES string of the molecule is C=Cc1ccc2cc3c(OC)c(CCl)ccc3cc2c1. The number of rotatable bonds is 3. The van der Waals surface area contributed by atoms with Crippen LogP contribution in [-0.4, -0.2) is 7.11 Å². The van der Waals surface area contributed by atoms with Crippen molar-refractivity contribution in [3.8, 4) is 5.75 Å². The molecule has 20 heavy (non-hydrogen) atoms. The molecule has 0 aliphatic rings. The maximum absolute atomic E-state index is 5.98. The standard InChI is InChI=1S/C18H15ClO/c1-3-12-4-5-13-10-17-14(9-16(13)8-12)6-7-15(11-19)18(17)20-2/h3-10H,1,11H2,2H3. The zero-order valence-corrected chi connectivity index (χ0v) is 12.1. The molecular weight excluding hydrogens is 268 g/mol. The molecule has 0 fully saturated rings. The molecule has 0 spiro atoms. The van der Waals surface area contributed by atoms with Crippen molar-refractivity contribution in [3.05, 3.63) is 60.2 Å². The summed E-state index contributed by atoms with van der Waals surface area (Å²) in [5.74, 6) is 1.32. The van der Waals surface area contributed by atoms with Gasteiger partial charge in [-0.3, -0.25) is 0 Å². The number of alkyl halides is 1. The Bertz CT molecular complexity index is 805. The number of fused-ring (bicyclic) bond motifs is 2. The lowest BCUT2D eigenvalue weighted by Crippen LogP contribution is -1.91. The fraction of sp³-hybridized carbons (Fsp3) is 0.111. The number of ether oxygens (including phenoxy) is 1. The van der Waals surface area contributed by atoms with E-state index in [0.717, 1.165) is 27.6 Å². The van der Waals surface area contributed by atoms with E-state index in [4.69, 9.17) is 16.3 Å². The first-order valence-electron chi connectivity index (χ1n) is 6.48. The molecule has 3 aromatic rings. The van der Waals surface area contributed by atoms with E-state index < -0.39 is 0 Å². The van der Waals surface area contributed by atoms with Crippen LogP contribution in [0.5, 0.6) is 5.75 Å². The first-order chi connectivity index (χ1) is 9.76. The Balaban J connectivity index is 2.37. The Labute approximate surface area is 123 Å². The van der Waals surface area contributed by atoms with Gasteiger partial charge in [0.2, 0.25) is 0 Å². The highest BCUT2D eigenvalue weighted by Gasteiger charge is 2.08. The maximum atomic E-state index is 5.98. The van der Waals surface area contributed by atoms with Crippen LogP contribution in [0.25, 0.3) is 27.6 Å². The predicted octanol–water partition coefficient (Wildman–Crippen LogP) is 5.38. The minimum Gasteiger partial charge on any atom is -0.496 e. The normalized spacial score (nSPS) is 10.9. The summed E-state index contributed by atoms with van der Waals surface area (Å²) in [6, 6.07) is 14.8. The van der Waals surface area contributed by atoms with E-state index in [0.29, 0.717) is 5.88 Å². The van der Waals surface area contributed by atoms with Gasteiger partial charge in [0.25, 0.3) is 0 Å². The summed E-state index contributed by atoms with van der Waals surface area (Å²) >= 11 is 5.98. The van der Waals surface area contributed by atoms with Crippen molar-refractivity contribution in [2.45, 2.75) is 5.88 Å². The van der Waals surface area contributed by atoms with Crippen molar-refractivity contribution in [2.75, 3.05) is 7.11 Å². The van der Waals surface area contributed by atoms with Gasteiger partial charge in [-0.05, 0) is 39.9 Å². The Morgan fingerprint density at radius 1 is 1.05 bits per heavy atom. The minimum absolute atomic E-state index is 0.451. The molecule has 3 aromatic carbocycles. The fourth-order valence-corrected chi connectivity index (χ4v) is 2.79. The lowest BCUT2D eigenvalue weighted by atomic mass is 9.99. The Morgan fingerprint density at radius 3 is 2.55 bits per heavy atom. The monoisotopic (exact) mass is 282 g/mol. The molecule has 0 bridgehead atoms. The number of hydrogen-bond donors (Lipinski definition) is 0. The molecule has 3 rings (SSSR count). The summed E-state index contributed by atoms with van der Waals surface area (Å²) in [5.41, 5.74) is 2.14. The Morgan fingerprint density at radius 2 is 1.85 bits per heavy atom. The third kappa shape index (κ3) is 2.04. The van der Waals surface area contributed by atoms with E-state index in [9.17, 15) is 0 Å². The highest BCUT2D eigenvalue weighted by Crippen LogP contribution is 2.34. The minimum atomic E-state index is 0.451. The first kappa shape index (κ1) is 13.0. The third-order valence-corrected chi connectivity index (χ3v) is 3.90. The van der Waals surface area contributed by atoms with Crippen molar-refractivity contribution < 1.29 is 4.74 Å². The number of benzene rings is 3. The van der Waals surface area contributed by atoms with E-state index >= 15 is 0 Å². The van der Waals surface area contributed by atoms with Crippen LogP contribution in [0, 0.1) is 0 Å². The van der Waals surface area contributed by atoms with E-state index in [1.165, 1.54) is 10.8 Å². The van der Waals surface area contributed by atoms with Crippen molar-refractivity contribution >= 4 is 39.2 Å². The van der Waals surface area contributed by atoms with Crippen molar-refractivity contribution in [3.63, 3.8) is 0 Å². The van der Waals surface area contributed by atoms with Gasteiger partial charge in [-0.25, -0.2) is 0 Å². The van der Waals surface area contributed by atoms with Gasteiger partial charge >= 0.3 is 0 Å². The van der Waals surface area contributed by atoms with Crippen LogP contribution in [0.4, 0.5) is 0 Å². The van der Waals surface area contributed by atoms with Gasteiger partial charge in [-0.1, -0.05) is 36.9 Å². The van der Waals surface area contributed by atoms with Crippen molar-refractivity contribution in [1.82, 2.24) is 0 Å². The molecule has 0 saturated carbocycles. The largest absolute Gasteiger partial charge is 0.496 e. The van der Waals surface area contributed by atoms with Gasteiger partial charge in [0.05, 0.1) is 13.0 Å². The van der Waals surface area contributed by atoms with Crippen LogP contribution in [0.3, 0.4) is 0 Å². The second-order valence-corrected chi connectivity index (χ2v) is 5.04. The highest BCUT2D eigenvalue weighted by atomic mass is 35.5. The Kier molecular flexibility index (Phi) is 3.37. The van der Waals surface area contributed by atoms with Gasteiger partial charge in [-0.2, -0.15) is 0 Å². The molecule has 1 nitrogen and oxygen atoms in total. The summed E-state index contributed by atoms with van der Waals surface area (Å²) in [7, 11) is 1.69. The van der Waals surface area contributed by atoms with Crippen LogP contribution in [0.15, 0.2) is 49.0 Å². The average molecular weight is 283 g/mol. The maximum Gasteiger partial charge on any atom is 0.131 e. The molecular formula is C18H15ClO. The van der Waals surface area contributed by atoms with Crippen LogP contribution in [0.2, 0.25) is 0 Å². The van der Waals surface area contributed by atoms with Gasteiger partial charge in [-0.15, -0.1) is 11.6 Å². The summed E-state index contributed by atoms with van der Waals surface area (Å²) in [6.45, 7) is 3.82. The Hall–Kier alpha value is -1.99. The molecule has 0 heterocycles. The van der Waals surface area contributed by atoms with Crippen LogP contribution < -0.4 is 4.74 Å². The molecule has 0 atom stereocenters. The summed E-state index contributed by atoms with van der Waals surface area (Å²) in [6.07, 6.45) is 1.86. The highest BCUT2D eigenvalue weighted by molar-refractivity contribution is 6.17. The van der Waals surface area contributed by atoms with Gasteiger partial charge < -0.3 is 4.74 Å². The summed E-state index contributed by atoms with van der Waals surface area (Å²) in [4.78, 5) is 0. The smallest absolute Gasteiger partial charge is 0.131 e. The van der Waals surface area contributed by atoms with Gasteiger partial charge in [0, 0.05) is 10.9 Å². The second-order valence-electron chi connectivity index (χ2n) is 4.78. The van der Waals surface area contributed by atoms with Gasteiger partial charge in [0.15, 0.2) is 0 Å². The van der Waals surface area contributed by atoms with E-state index in [1.807, 2.05) is 12.1 Å². The average Bonchev–Trinajstić information content (AvgIpc) is 2.51. The topological polar surface area (TPSA) is 9.23 Å². The fourth-order valence-electron chi connectivity index (χ4n) is 2.58. The van der Waals surface area contributed by atoms with E-state index in [2.05, 4.69) is 43.0 Å². The third-order valence-electron chi connectivity index (χ3n) is 3.62. The lowest BCUT2D eigenvalue weighted by molar-refractivity contribution is 0.416. The molecule has 2 heteroatoms. The van der Waals surface area contributed by atoms with Crippen molar-refractivity contribution in [1.29, 1.82) is 0 Å². The zero-order chi connectivity index (χ0) is 14.1. The predicted molar refractivity (Wildman–Crippen MR) is 87.7 cm³/mol. The second kappa shape index (κ2) is 5.18. The zero-order valence-electron chi connectivity index (χ0n) is 11.3. The molecule has 0 saturated heterocycles. The van der Waals surface area contributed by atoms with Gasteiger partial charge in [0.1, 0.15) is 5.75 Å². The molecule has 0 aliphatic carbocycles. The molecule has 0 N–H and O–H groups in total. The first-order valence-corrected chi connectivity index (χ1v) is 7.02. The molecule has 0 unspecified atom stereocenters. The number of methoxy groups -OCH3 is 1. The van der Waals surface area contributed by atoms with Crippen molar-refractivity contribution in [2.24, 2.45) is 0 Å². The molecule has 0 aliphatic heterocycles. The summed E-state index contributed by atoms with van der Waals surface area (Å²) in [5, 5.41) is 4.65. The van der Waals surface area contributed by atoms with E-state index in [-0.39, 0.29) is 0 Å². The number of hydrogen-bond acceptors (Lipinski definition) is 1. The van der Waals surface area contributed by atoms with E-state index in [1.54, 1.807) is 7.11 Å². The van der Waals surface area contributed by atoms with Crippen LogP contribution in [0.1, 0.15) is 11.1 Å². The molecule has 0 radical (unpaired) electrons. The van der Waals surface area contributed by atoms with Crippen LogP contribution in [-0.2, 0) is 5.88 Å². The number of halogens is 1.